The van der Waals surface area contributed by atoms with Crippen LogP contribution in [0.4, 0.5) is 0 Å². The molecule has 2 rings (SSSR count). The molecule has 1 fully saturated rings. The zero-order valence-electron chi connectivity index (χ0n) is 10.2. The van der Waals surface area contributed by atoms with Crippen LogP contribution in [0, 0.1) is 0 Å². The smallest absolute Gasteiger partial charge is 0.244 e. The number of rotatable bonds is 4. The number of aliphatic hydroxyl groups is 1. The number of sulfonamides is 1. The van der Waals surface area contributed by atoms with Gasteiger partial charge in [0.1, 0.15) is 0 Å². The number of nitrogens with zero attached hydrogens (tertiary/aromatic N) is 1. The van der Waals surface area contributed by atoms with Crippen LogP contribution >= 0.6 is 11.3 Å². The molecule has 1 aromatic heterocycles. The van der Waals surface area contributed by atoms with Gasteiger partial charge in [0.2, 0.25) is 10.0 Å². The number of thiophene rings is 1. The van der Waals surface area contributed by atoms with Gasteiger partial charge in [-0.15, -0.1) is 11.3 Å². The maximum atomic E-state index is 12.5. The average molecular weight is 291 g/mol. The fourth-order valence-electron chi connectivity index (χ4n) is 2.07. The van der Waals surface area contributed by atoms with E-state index in [-0.39, 0.29) is 17.5 Å². The molecule has 0 bridgehead atoms. The highest BCUT2D eigenvalue weighted by atomic mass is 32.2. The lowest BCUT2D eigenvalue weighted by Crippen LogP contribution is -2.40. The molecule has 0 aromatic carbocycles. The standard InChI is InChI=1S/C11H17NO4S2/c1-12(9-2-5-16-6-3-9)18(14,15)11-4-7-17-10(11)8-13/h4,7,9,13H,2-3,5-6,8H2,1H3. The number of hydrogen-bond donors (Lipinski definition) is 1. The summed E-state index contributed by atoms with van der Waals surface area (Å²) in [5, 5.41) is 10.9. The molecule has 0 amide bonds. The van der Waals surface area contributed by atoms with E-state index in [1.807, 2.05) is 0 Å². The number of hydrogen-bond acceptors (Lipinski definition) is 5. The number of ether oxygens (including phenoxy) is 1. The van der Waals surface area contributed by atoms with Crippen molar-refractivity contribution in [2.24, 2.45) is 0 Å². The highest BCUT2D eigenvalue weighted by Gasteiger charge is 2.31. The quantitative estimate of drug-likeness (QED) is 0.900. The van der Waals surface area contributed by atoms with E-state index < -0.39 is 10.0 Å². The van der Waals surface area contributed by atoms with Gasteiger partial charge in [-0.1, -0.05) is 0 Å². The summed E-state index contributed by atoms with van der Waals surface area (Å²) >= 11 is 1.26. The molecular formula is C11H17NO4S2. The van der Waals surface area contributed by atoms with Crippen LogP contribution in [0.15, 0.2) is 16.3 Å². The average Bonchev–Trinajstić information content (AvgIpc) is 2.88. The molecule has 0 radical (unpaired) electrons. The lowest BCUT2D eigenvalue weighted by molar-refractivity contribution is 0.0632. The highest BCUT2D eigenvalue weighted by Crippen LogP contribution is 2.27. The van der Waals surface area contributed by atoms with Crippen molar-refractivity contribution < 1.29 is 18.3 Å². The largest absolute Gasteiger partial charge is 0.391 e. The van der Waals surface area contributed by atoms with Crippen molar-refractivity contribution in [3.8, 4) is 0 Å². The lowest BCUT2D eigenvalue weighted by Gasteiger charge is -2.30. The predicted octanol–water partition coefficient (Wildman–Crippen LogP) is 1.04. The van der Waals surface area contributed by atoms with Gasteiger partial charge in [-0.05, 0) is 24.3 Å². The Bertz CT molecular complexity index is 491. The summed E-state index contributed by atoms with van der Waals surface area (Å²) in [6, 6.07) is 1.54. The molecule has 5 nitrogen and oxygen atoms in total. The summed E-state index contributed by atoms with van der Waals surface area (Å²) in [5.41, 5.74) is 0. The Hall–Kier alpha value is -0.470. The monoisotopic (exact) mass is 291 g/mol. The van der Waals surface area contributed by atoms with Crippen molar-refractivity contribution >= 4 is 21.4 Å². The summed E-state index contributed by atoms with van der Waals surface area (Å²) in [7, 11) is -1.91. The van der Waals surface area contributed by atoms with Gasteiger partial charge in [0.25, 0.3) is 0 Å². The van der Waals surface area contributed by atoms with Crippen molar-refractivity contribution in [3.05, 3.63) is 16.3 Å². The molecule has 1 saturated heterocycles. The SMILES string of the molecule is CN(C1CCOCC1)S(=O)(=O)c1ccsc1CO. The molecule has 7 heteroatoms. The van der Waals surface area contributed by atoms with Crippen LogP contribution in [0.1, 0.15) is 17.7 Å². The minimum Gasteiger partial charge on any atom is -0.391 e. The second kappa shape index (κ2) is 5.66. The molecule has 102 valence electrons. The molecule has 0 saturated carbocycles. The molecule has 0 atom stereocenters. The first-order chi connectivity index (χ1) is 8.57. The van der Waals surface area contributed by atoms with E-state index in [2.05, 4.69) is 0 Å². The van der Waals surface area contributed by atoms with Crippen LogP contribution in [0.25, 0.3) is 0 Å². The third-order valence-electron chi connectivity index (χ3n) is 3.21. The van der Waals surface area contributed by atoms with E-state index in [1.165, 1.54) is 15.6 Å². The Kier molecular flexibility index (Phi) is 4.39. The van der Waals surface area contributed by atoms with E-state index >= 15 is 0 Å². The summed E-state index contributed by atoms with van der Waals surface area (Å²) < 4.78 is 31.6. The van der Waals surface area contributed by atoms with Gasteiger partial charge in [-0.2, -0.15) is 4.31 Å². The van der Waals surface area contributed by atoms with Crippen LogP contribution in [-0.4, -0.2) is 44.1 Å². The van der Waals surface area contributed by atoms with Crippen molar-refractivity contribution in [3.63, 3.8) is 0 Å². The van der Waals surface area contributed by atoms with Gasteiger partial charge in [0, 0.05) is 31.2 Å². The Balaban J connectivity index is 2.24. The maximum Gasteiger partial charge on any atom is 0.244 e. The second-order valence-corrected chi connectivity index (χ2v) is 7.20. The Labute approximate surface area is 111 Å². The van der Waals surface area contributed by atoms with E-state index in [0.717, 1.165) is 0 Å². The molecular weight excluding hydrogens is 274 g/mol. The van der Waals surface area contributed by atoms with Crippen molar-refractivity contribution in [2.75, 3.05) is 20.3 Å². The van der Waals surface area contributed by atoms with Gasteiger partial charge in [-0.25, -0.2) is 8.42 Å². The number of aliphatic hydroxyl groups excluding tert-OH is 1. The minimum atomic E-state index is -3.51. The van der Waals surface area contributed by atoms with Crippen LogP contribution in [0.3, 0.4) is 0 Å². The molecule has 2 heterocycles. The Morgan fingerprint density at radius 2 is 2.17 bits per heavy atom. The third-order valence-corrected chi connectivity index (χ3v) is 6.24. The van der Waals surface area contributed by atoms with E-state index in [0.29, 0.717) is 30.9 Å². The first-order valence-corrected chi connectivity index (χ1v) is 8.12. The van der Waals surface area contributed by atoms with Gasteiger partial charge < -0.3 is 9.84 Å². The van der Waals surface area contributed by atoms with Crippen LogP contribution in [0.2, 0.25) is 0 Å². The molecule has 18 heavy (non-hydrogen) atoms. The van der Waals surface area contributed by atoms with Crippen molar-refractivity contribution in [1.82, 2.24) is 4.31 Å². The summed E-state index contributed by atoms with van der Waals surface area (Å²) in [6.07, 6.45) is 1.43. The van der Waals surface area contributed by atoms with Crippen LogP contribution in [0.5, 0.6) is 0 Å². The first-order valence-electron chi connectivity index (χ1n) is 5.80. The van der Waals surface area contributed by atoms with Gasteiger partial charge in [-0.3, -0.25) is 0 Å². The summed E-state index contributed by atoms with van der Waals surface area (Å²) in [5.74, 6) is 0. The molecule has 0 unspecified atom stereocenters. The molecule has 0 spiro atoms. The maximum absolute atomic E-state index is 12.5. The summed E-state index contributed by atoms with van der Waals surface area (Å²) in [4.78, 5) is 0.720. The normalized spacial score (nSPS) is 18.4. The fraction of sp³-hybridized carbons (Fsp3) is 0.636. The highest BCUT2D eigenvalue weighted by molar-refractivity contribution is 7.89. The predicted molar refractivity (Wildman–Crippen MR) is 69.0 cm³/mol. The van der Waals surface area contributed by atoms with Crippen molar-refractivity contribution in [1.29, 1.82) is 0 Å². The van der Waals surface area contributed by atoms with E-state index in [9.17, 15) is 13.5 Å². The minimum absolute atomic E-state index is 0.0183. The Morgan fingerprint density at radius 1 is 1.50 bits per heavy atom. The Morgan fingerprint density at radius 3 is 2.78 bits per heavy atom. The molecule has 1 N–H and O–H groups in total. The van der Waals surface area contributed by atoms with Crippen LogP contribution in [-0.2, 0) is 21.4 Å². The molecule has 0 aliphatic carbocycles. The van der Waals surface area contributed by atoms with Crippen molar-refractivity contribution in [2.45, 2.75) is 30.4 Å². The third kappa shape index (κ3) is 2.60. The molecule has 1 aromatic rings. The zero-order chi connectivity index (χ0) is 13.2. The van der Waals surface area contributed by atoms with Gasteiger partial charge in [0.15, 0.2) is 0 Å². The topological polar surface area (TPSA) is 66.8 Å². The molecule has 1 aliphatic heterocycles. The van der Waals surface area contributed by atoms with Crippen LogP contribution < -0.4 is 0 Å². The van der Waals surface area contributed by atoms with E-state index in [1.54, 1.807) is 18.5 Å². The van der Waals surface area contributed by atoms with Gasteiger partial charge in [0.05, 0.1) is 11.5 Å². The zero-order valence-corrected chi connectivity index (χ0v) is 11.8. The molecule has 1 aliphatic rings. The lowest BCUT2D eigenvalue weighted by atomic mass is 10.1. The second-order valence-electron chi connectivity index (χ2n) is 4.23. The fourth-order valence-corrected chi connectivity index (χ4v) is 4.75. The van der Waals surface area contributed by atoms with E-state index in [4.69, 9.17) is 4.74 Å². The van der Waals surface area contributed by atoms with Gasteiger partial charge >= 0.3 is 0 Å². The summed E-state index contributed by atoms with van der Waals surface area (Å²) in [6.45, 7) is 0.954. The first kappa shape index (κ1) is 14.0.